The lowest BCUT2D eigenvalue weighted by atomic mass is 10.3. The fraction of sp³-hybridized carbons (Fsp3) is 0.235. The van der Waals surface area contributed by atoms with Crippen molar-refractivity contribution >= 4 is 26.9 Å². The van der Waals surface area contributed by atoms with Crippen LogP contribution in [-0.4, -0.2) is 37.1 Å². The fourth-order valence-corrected chi connectivity index (χ4v) is 4.47. The molecule has 0 aliphatic carbocycles. The Morgan fingerprint density at radius 2 is 1.80 bits per heavy atom. The first-order chi connectivity index (χ1) is 14.0. The number of methoxy groups -OCH3 is 1. The third-order valence-corrected chi connectivity index (χ3v) is 6.74. The van der Waals surface area contributed by atoms with Gasteiger partial charge < -0.3 is 15.2 Å². The number of nitrogens with zero attached hydrogens (tertiary/aromatic N) is 3. The van der Waals surface area contributed by atoms with Crippen molar-refractivity contribution in [2.75, 3.05) is 12.8 Å². The van der Waals surface area contributed by atoms with Crippen LogP contribution in [0.1, 0.15) is 18.0 Å². The lowest BCUT2D eigenvalue weighted by Crippen LogP contribution is -2.17. The van der Waals surface area contributed by atoms with Gasteiger partial charge in [0, 0.05) is 13.3 Å². The maximum Gasteiger partial charge on any atom is 0.573 e. The lowest BCUT2D eigenvalue weighted by molar-refractivity contribution is -0.274. The number of hydrogen-bond donors (Lipinski definition) is 1. The second kappa shape index (κ2) is 8.16. The lowest BCUT2D eigenvalue weighted by Gasteiger charge is -2.10. The van der Waals surface area contributed by atoms with Gasteiger partial charge in [-0.05, 0) is 37.3 Å². The summed E-state index contributed by atoms with van der Waals surface area (Å²) in [5.74, 6) is -0.535. The van der Waals surface area contributed by atoms with Gasteiger partial charge in [0.1, 0.15) is 22.6 Å². The second-order valence-corrected chi connectivity index (χ2v) is 8.91. The number of ether oxygens (including phenoxy) is 2. The largest absolute Gasteiger partial charge is 0.573 e. The van der Waals surface area contributed by atoms with Gasteiger partial charge in [0.15, 0.2) is 5.01 Å². The van der Waals surface area contributed by atoms with Crippen molar-refractivity contribution in [1.29, 1.82) is 0 Å². The first kappa shape index (κ1) is 21.9. The molecule has 0 fully saturated rings. The molecule has 0 aliphatic rings. The Labute approximate surface area is 173 Å². The Bertz CT molecular complexity index is 1150. The van der Waals surface area contributed by atoms with Crippen molar-refractivity contribution in [3.8, 4) is 16.5 Å². The molecule has 2 N–H and O–H groups in total. The van der Waals surface area contributed by atoms with Crippen molar-refractivity contribution in [1.82, 2.24) is 15.2 Å². The molecule has 0 unspecified atom stereocenters. The number of aromatic nitrogens is 3. The highest BCUT2D eigenvalue weighted by Crippen LogP contribution is 2.32. The fourth-order valence-electron chi connectivity index (χ4n) is 2.34. The molecule has 0 radical (unpaired) electrons. The number of hydrogen-bond acceptors (Lipinski definition) is 9. The summed E-state index contributed by atoms with van der Waals surface area (Å²) in [4.78, 5) is 3.64. The van der Waals surface area contributed by atoms with Crippen molar-refractivity contribution in [2.24, 2.45) is 0 Å². The van der Waals surface area contributed by atoms with Crippen LogP contribution in [0.4, 0.5) is 18.9 Å². The van der Waals surface area contributed by atoms with E-state index in [-0.39, 0.29) is 27.3 Å². The van der Waals surface area contributed by atoms with Crippen LogP contribution in [0, 0.1) is 0 Å². The van der Waals surface area contributed by atoms with Gasteiger partial charge in [0.2, 0.25) is 9.84 Å². The van der Waals surface area contributed by atoms with Crippen LogP contribution in [0.3, 0.4) is 0 Å². The van der Waals surface area contributed by atoms with E-state index < -0.39 is 21.9 Å². The summed E-state index contributed by atoms with van der Waals surface area (Å²) in [6.45, 7) is 1.79. The number of sulfone groups is 1. The Kier molecular flexibility index (Phi) is 5.97. The SMILES string of the molecule is CO[C@H](C)c1nnc(-c2ncc(S(=O)(=O)c3ccc(OC(F)(F)F)cc3)cc2N)s1. The minimum Gasteiger partial charge on any atom is -0.406 e. The summed E-state index contributed by atoms with van der Waals surface area (Å²) in [6.07, 6.45) is -4.05. The van der Waals surface area contributed by atoms with E-state index in [1.807, 2.05) is 0 Å². The average Bonchev–Trinajstić information content (AvgIpc) is 3.16. The summed E-state index contributed by atoms with van der Waals surface area (Å²) in [7, 11) is -2.54. The highest BCUT2D eigenvalue weighted by atomic mass is 32.2. The number of rotatable bonds is 6. The van der Waals surface area contributed by atoms with E-state index >= 15 is 0 Å². The Morgan fingerprint density at radius 3 is 2.37 bits per heavy atom. The first-order valence-corrected chi connectivity index (χ1v) is 10.5. The predicted molar refractivity (Wildman–Crippen MR) is 102 cm³/mol. The van der Waals surface area contributed by atoms with Gasteiger partial charge in [0.25, 0.3) is 0 Å². The highest BCUT2D eigenvalue weighted by molar-refractivity contribution is 7.91. The zero-order valence-corrected chi connectivity index (χ0v) is 17.2. The number of nitrogen functional groups attached to an aromatic ring is 1. The molecule has 0 spiro atoms. The zero-order chi connectivity index (χ0) is 22.1. The molecule has 0 amide bonds. The highest BCUT2D eigenvalue weighted by Gasteiger charge is 2.31. The quantitative estimate of drug-likeness (QED) is 0.593. The summed E-state index contributed by atoms with van der Waals surface area (Å²) >= 11 is 1.20. The molecule has 1 atom stereocenters. The minimum absolute atomic E-state index is 0.0564. The molecule has 30 heavy (non-hydrogen) atoms. The van der Waals surface area contributed by atoms with Crippen LogP contribution in [0.5, 0.6) is 5.75 Å². The molecule has 8 nitrogen and oxygen atoms in total. The van der Waals surface area contributed by atoms with Gasteiger partial charge in [-0.25, -0.2) is 8.42 Å². The smallest absolute Gasteiger partial charge is 0.406 e. The number of alkyl halides is 3. The topological polar surface area (TPSA) is 117 Å². The maximum absolute atomic E-state index is 12.8. The molecule has 160 valence electrons. The monoisotopic (exact) mass is 460 g/mol. The van der Waals surface area contributed by atoms with Crippen molar-refractivity contribution in [2.45, 2.75) is 29.2 Å². The summed E-state index contributed by atoms with van der Waals surface area (Å²) < 4.78 is 71.2. The summed E-state index contributed by atoms with van der Waals surface area (Å²) in [5.41, 5.74) is 6.29. The molecule has 0 saturated carbocycles. The maximum atomic E-state index is 12.8. The molecule has 3 rings (SSSR count). The van der Waals surface area contributed by atoms with Crippen molar-refractivity contribution in [3.63, 3.8) is 0 Å². The second-order valence-electron chi connectivity index (χ2n) is 5.95. The third-order valence-electron chi connectivity index (χ3n) is 3.91. The number of nitrogens with two attached hydrogens (primary N) is 1. The van der Waals surface area contributed by atoms with E-state index in [4.69, 9.17) is 10.5 Å². The van der Waals surface area contributed by atoms with Crippen LogP contribution in [0.2, 0.25) is 0 Å². The Hall–Kier alpha value is -2.77. The normalized spacial score (nSPS) is 13.2. The average molecular weight is 460 g/mol. The molecule has 0 saturated heterocycles. The number of halogens is 3. The molecule has 3 aromatic rings. The first-order valence-electron chi connectivity index (χ1n) is 8.24. The van der Waals surface area contributed by atoms with Crippen LogP contribution in [-0.2, 0) is 14.6 Å². The van der Waals surface area contributed by atoms with Gasteiger partial charge in [-0.3, -0.25) is 4.98 Å². The van der Waals surface area contributed by atoms with Crippen LogP contribution in [0.15, 0.2) is 46.3 Å². The van der Waals surface area contributed by atoms with E-state index in [1.54, 1.807) is 6.92 Å². The van der Waals surface area contributed by atoms with Gasteiger partial charge in [-0.1, -0.05) is 11.3 Å². The molecule has 2 aromatic heterocycles. The van der Waals surface area contributed by atoms with Gasteiger partial charge in [0.05, 0.1) is 15.5 Å². The molecule has 2 heterocycles. The standard InChI is InChI=1S/C17H15F3N4O4S2/c1-9(27-2)15-23-24-16(29-15)14-13(21)7-12(8-22-14)30(25,26)11-5-3-10(4-6-11)28-17(18,19)20/h3-9H,21H2,1-2H3/t9-/m1/s1. The predicted octanol–water partition coefficient (Wildman–Crippen LogP) is 3.62. The van der Waals surface area contributed by atoms with Crippen LogP contribution >= 0.6 is 11.3 Å². The molecule has 1 aromatic carbocycles. The van der Waals surface area contributed by atoms with E-state index in [1.165, 1.54) is 24.5 Å². The molecule has 0 aliphatic heterocycles. The van der Waals surface area contributed by atoms with E-state index in [0.717, 1.165) is 30.5 Å². The number of benzene rings is 1. The molecular formula is C17H15F3N4O4S2. The molecule has 13 heteroatoms. The zero-order valence-electron chi connectivity index (χ0n) is 15.5. The van der Waals surface area contributed by atoms with Gasteiger partial charge in [-0.2, -0.15) is 0 Å². The van der Waals surface area contributed by atoms with Crippen LogP contribution < -0.4 is 10.5 Å². The minimum atomic E-state index is -4.87. The van der Waals surface area contributed by atoms with Crippen molar-refractivity contribution in [3.05, 3.63) is 41.5 Å². The molecule has 0 bridgehead atoms. The van der Waals surface area contributed by atoms with Gasteiger partial charge >= 0.3 is 6.36 Å². The van der Waals surface area contributed by atoms with E-state index in [2.05, 4.69) is 19.9 Å². The summed E-state index contributed by atoms with van der Waals surface area (Å²) in [6, 6.07) is 5.03. The third kappa shape index (κ3) is 4.68. The van der Waals surface area contributed by atoms with Gasteiger partial charge in [-0.15, -0.1) is 23.4 Å². The van der Waals surface area contributed by atoms with Crippen LogP contribution in [0.25, 0.3) is 10.7 Å². The van der Waals surface area contributed by atoms with E-state index in [9.17, 15) is 21.6 Å². The number of anilines is 1. The van der Waals surface area contributed by atoms with E-state index in [0.29, 0.717) is 10.0 Å². The summed E-state index contributed by atoms with van der Waals surface area (Å²) in [5, 5.41) is 8.99. The molecular weight excluding hydrogens is 445 g/mol. The number of pyridine rings is 1. The Balaban J connectivity index is 1.89. The Morgan fingerprint density at radius 1 is 1.13 bits per heavy atom. The van der Waals surface area contributed by atoms with Crippen molar-refractivity contribution < 1.29 is 31.1 Å².